The molecule has 6 nitrogen and oxygen atoms in total. The molecule has 4 aliphatic carbocycles. The smallest absolute Gasteiger partial charge is 0.302 e. The molecule has 0 aromatic heterocycles. The zero-order chi connectivity index (χ0) is 28.6. The van der Waals surface area contributed by atoms with Crippen molar-refractivity contribution in [2.75, 3.05) is 0 Å². The van der Waals surface area contributed by atoms with Crippen LogP contribution in [0.5, 0.6) is 0 Å². The van der Waals surface area contributed by atoms with Crippen LogP contribution in [0.25, 0.3) is 0 Å². The molecule has 0 saturated heterocycles. The van der Waals surface area contributed by atoms with Gasteiger partial charge in [0.05, 0.1) is 5.60 Å². The molecular formula is C32H48O6. The standard InChI is InChI=1S/C32H48O6/c1-18(16-22(38-19(2)33)27(36)29(5,6)37)26-20-10-11-24-30(7)14-13-25(35)28(3,4)23(30)12-15-31(24,8)32(20,9)17-21(26)34/h10-11,18,22-24,27,36-37H,12-17H2,1-9H3/t18-,22+,23+,24+,27-,30+,31+,32+/m1/s1. The molecule has 0 bridgehead atoms. The zero-order valence-electron chi connectivity index (χ0n) is 24.8. The quantitative estimate of drug-likeness (QED) is 0.451. The number of ketones is 2. The van der Waals surface area contributed by atoms with E-state index in [4.69, 9.17) is 4.74 Å². The Morgan fingerprint density at radius 1 is 1.16 bits per heavy atom. The van der Waals surface area contributed by atoms with Crippen LogP contribution in [0.1, 0.15) is 101 Å². The van der Waals surface area contributed by atoms with Crippen molar-refractivity contribution in [2.45, 2.75) is 119 Å². The number of aliphatic hydroxyl groups excluding tert-OH is 1. The molecule has 38 heavy (non-hydrogen) atoms. The summed E-state index contributed by atoms with van der Waals surface area (Å²) in [5.41, 5.74) is -0.436. The van der Waals surface area contributed by atoms with Gasteiger partial charge in [-0.15, -0.1) is 0 Å². The summed E-state index contributed by atoms with van der Waals surface area (Å²) in [6.45, 7) is 17.4. The molecule has 6 heteroatoms. The van der Waals surface area contributed by atoms with E-state index in [1.165, 1.54) is 20.8 Å². The normalized spacial score (nSPS) is 38.7. The lowest BCUT2D eigenvalue weighted by Crippen LogP contribution is -2.61. The van der Waals surface area contributed by atoms with Gasteiger partial charge in [-0.3, -0.25) is 14.4 Å². The zero-order valence-corrected chi connectivity index (χ0v) is 24.8. The summed E-state index contributed by atoms with van der Waals surface area (Å²) in [5, 5.41) is 21.2. The van der Waals surface area contributed by atoms with Gasteiger partial charge in [0.25, 0.3) is 0 Å². The van der Waals surface area contributed by atoms with Crippen LogP contribution >= 0.6 is 0 Å². The van der Waals surface area contributed by atoms with Crippen molar-refractivity contribution < 1.29 is 29.3 Å². The Hall–Kier alpha value is -1.79. The van der Waals surface area contributed by atoms with E-state index in [1.807, 2.05) is 6.92 Å². The second-order valence-corrected chi connectivity index (χ2v) is 14.6. The van der Waals surface area contributed by atoms with E-state index in [1.54, 1.807) is 0 Å². The molecule has 4 aliphatic rings. The SMILES string of the molecule is CC(=O)O[C@@H](C[C@@H](C)C1=C2C=C[C@H]3[C@@]4(C)CCC(=O)C(C)(C)[C@@H]4CC[C@]3(C)[C@@]2(C)CC1=O)[C@@H](O)C(C)(C)O. The Balaban J connectivity index is 1.73. The van der Waals surface area contributed by atoms with Gasteiger partial charge in [0.2, 0.25) is 0 Å². The van der Waals surface area contributed by atoms with Crippen LogP contribution in [0, 0.1) is 39.4 Å². The van der Waals surface area contributed by atoms with E-state index >= 15 is 0 Å². The minimum absolute atomic E-state index is 0.00981. The number of carbonyl (C=O) groups excluding carboxylic acids is 3. The number of hydrogen-bond acceptors (Lipinski definition) is 6. The maximum atomic E-state index is 13.7. The predicted octanol–water partition coefficient (Wildman–Crippen LogP) is 5.35. The van der Waals surface area contributed by atoms with Crippen LogP contribution in [0.3, 0.4) is 0 Å². The van der Waals surface area contributed by atoms with E-state index in [0.29, 0.717) is 24.5 Å². The summed E-state index contributed by atoms with van der Waals surface area (Å²) in [6.07, 6.45) is 6.41. The fraction of sp³-hybridized carbons (Fsp3) is 0.781. The van der Waals surface area contributed by atoms with E-state index in [9.17, 15) is 24.6 Å². The molecule has 0 aromatic rings. The van der Waals surface area contributed by atoms with Crippen molar-refractivity contribution in [3.8, 4) is 0 Å². The number of carbonyl (C=O) groups is 3. The summed E-state index contributed by atoms with van der Waals surface area (Å²) < 4.78 is 5.44. The number of ether oxygens (including phenoxy) is 1. The molecule has 2 saturated carbocycles. The first-order chi connectivity index (χ1) is 17.3. The first-order valence-corrected chi connectivity index (χ1v) is 14.4. The van der Waals surface area contributed by atoms with Gasteiger partial charge in [-0.1, -0.05) is 53.7 Å². The number of hydrogen-bond donors (Lipinski definition) is 2. The van der Waals surface area contributed by atoms with Crippen LogP contribution in [0.2, 0.25) is 0 Å². The van der Waals surface area contributed by atoms with Gasteiger partial charge < -0.3 is 14.9 Å². The van der Waals surface area contributed by atoms with Crippen molar-refractivity contribution >= 4 is 17.5 Å². The molecule has 0 radical (unpaired) electrons. The summed E-state index contributed by atoms with van der Waals surface area (Å²) in [4.78, 5) is 38.4. The third-order valence-electron chi connectivity index (χ3n) is 11.5. The van der Waals surface area contributed by atoms with E-state index in [0.717, 1.165) is 30.4 Å². The monoisotopic (exact) mass is 528 g/mol. The van der Waals surface area contributed by atoms with Gasteiger partial charge in [-0.25, -0.2) is 0 Å². The summed E-state index contributed by atoms with van der Waals surface area (Å²) >= 11 is 0. The second kappa shape index (κ2) is 9.12. The molecule has 0 spiro atoms. The second-order valence-electron chi connectivity index (χ2n) is 14.6. The highest BCUT2D eigenvalue weighted by Crippen LogP contribution is 2.72. The highest BCUT2D eigenvalue weighted by atomic mass is 16.6. The van der Waals surface area contributed by atoms with Gasteiger partial charge in [-0.05, 0) is 73.7 Å². The molecule has 2 N–H and O–H groups in total. The number of Topliss-reactive ketones (excluding diaryl/α,β-unsaturated/α-hetero) is 2. The molecule has 0 amide bonds. The van der Waals surface area contributed by atoms with Gasteiger partial charge in [0, 0.05) is 36.2 Å². The van der Waals surface area contributed by atoms with Crippen molar-refractivity contribution in [2.24, 2.45) is 39.4 Å². The number of esters is 1. The van der Waals surface area contributed by atoms with Crippen LogP contribution in [-0.4, -0.2) is 45.6 Å². The summed E-state index contributed by atoms with van der Waals surface area (Å²) in [7, 11) is 0. The van der Waals surface area contributed by atoms with Gasteiger partial charge >= 0.3 is 5.97 Å². The lowest BCUT2D eigenvalue weighted by atomic mass is 9.37. The first-order valence-electron chi connectivity index (χ1n) is 14.4. The van der Waals surface area contributed by atoms with Crippen LogP contribution in [0.4, 0.5) is 0 Å². The Labute approximate surface area is 228 Å². The Bertz CT molecular complexity index is 1090. The fourth-order valence-corrected chi connectivity index (χ4v) is 9.19. The lowest BCUT2D eigenvalue weighted by Gasteiger charge is -2.66. The molecule has 0 unspecified atom stereocenters. The minimum atomic E-state index is -1.46. The van der Waals surface area contributed by atoms with E-state index in [-0.39, 0.29) is 45.7 Å². The van der Waals surface area contributed by atoms with Crippen LogP contribution < -0.4 is 0 Å². The maximum Gasteiger partial charge on any atom is 0.302 e. The van der Waals surface area contributed by atoms with Gasteiger partial charge in [0.1, 0.15) is 18.0 Å². The molecule has 212 valence electrons. The highest BCUT2D eigenvalue weighted by molar-refractivity contribution is 6.01. The topological polar surface area (TPSA) is 101 Å². The maximum absolute atomic E-state index is 13.7. The molecule has 8 atom stereocenters. The van der Waals surface area contributed by atoms with Crippen LogP contribution in [0.15, 0.2) is 23.3 Å². The molecule has 0 aromatic carbocycles. The van der Waals surface area contributed by atoms with E-state index in [2.05, 4.69) is 46.8 Å². The summed E-state index contributed by atoms with van der Waals surface area (Å²) in [6, 6.07) is 0. The largest absolute Gasteiger partial charge is 0.460 e. The molecule has 0 heterocycles. The first kappa shape index (κ1) is 29.2. The number of aliphatic hydroxyl groups is 2. The average molecular weight is 529 g/mol. The fourth-order valence-electron chi connectivity index (χ4n) is 9.19. The average Bonchev–Trinajstić information content (AvgIpc) is 3.05. The van der Waals surface area contributed by atoms with Crippen molar-refractivity contribution in [1.29, 1.82) is 0 Å². The number of fused-ring (bicyclic) bond motifs is 5. The van der Waals surface area contributed by atoms with Crippen molar-refractivity contribution in [3.63, 3.8) is 0 Å². The van der Waals surface area contributed by atoms with E-state index < -0.39 is 23.8 Å². The molecule has 0 aliphatic heterocycles. The van der Waals surface area contributed by atoms with Crippen LogP contribution in [-0.2, 0) is 19.1 Å². The Morgan fingerprint density at radius 3 is 2.37 bits per heavy atom. The molecule has 4 rings (SSSR count). The molecule has 2 fully saturated rings. The third kappa shape index (κ3) is 4.16. The summed E-state index contributed by atoms with van der Waals surface area (Å²) in [5.74, 6) is 0.283. The van der Waals surface area contributed by atoms with Gasteiger partial charge in [0.15, 0.2) is 5.78 Å². The van der Waals surface area contributed by atoms with Gasteiger partial charge in [-0.2, -0.15) is 0 Å². The third-order valence-corrected chi connectivity index (χ3v) is 11.5. The van der Waals surface area contributed by atoms with Crippen molar-refractivity contribution in [3.05, 3.63) is 23.3 Å². The van der Waals surface area contributed by atoms with Crippen molar-refractivity contribution in [1.82, 2.24) is 0 Å². The minimum Gasteiger partial charge on any atom is -0.460 e. The highest BCUT2D eigenvalue weighted by Gasteiger charge is 2.66. The Morgan fingerprint density at radius 2 is 1.79 bits per heavy atom. The number of allylic oxidation sites excluding steroid dienone is 4. The predicted molar refractivity (Wildman–Crippen MR) is 146 cm³/mol. The lowest BCUT2D eigenvalue weighted by molar-refractivity contribution is -0.166. The molecular weight excluding hydrogens is 480 g/mol. The Kier molecular flexibility index (Phi) is 7.01. The number of rotatable bonds is 6.